The molecule has 8 N–H and O–H groups in total. The van der Waals surface area contributed by atoms with E-state index in [0.717, 1.165) is 306 Å². The summed E-state index contributed by atoms with van der Waals surface area (Å²) < 4.78 is 22.1. The van der Waals surface area contributed by atoms with E-state index in [4.69, 9.17) is 23.9 Å². The number of aliphatic hydroxyl groups is 2. The second kappa shape index (κ2) is 39.2. The zero-order chi connectivity index (χ0) is 87.2. The standard InChI is InChI=1S/C50H64N6O8.C48H60N6O8/c1-29(63-49(61)51-33-15-5-3-6-16-33)25-39(57)53-43-35-19-11-23-55-21-9-13-31(45(35)55)27-37(43)41-47(59)42(48(41)60)38-28-32-14-10-22-56-24-12-20-36(46(32)56)44(38)54-40(58)26-30(2)64-50(62)52-34-17-7-4-8-18-34;55-37(19-25-61-47(59)49-31-13-3-1-4-14-31)51-41-33-17-9-23-53-21-7-11-29(43(33)53)27-35(41)39-45(57)40(46(39)58)36-28-30-12-8-22-54-24-10-18-34(44(30)54)42(36)52-38(56)20-26-62-48(60)50-32-15-5-2-6-16-32/h27-30,33-34,59H,3-26H2,1-2H3,(H,51,61)(H,52,62)(H,53,57);27-28,31-32,57H,1-26H2,(H,49,59)(H,50,60)(H,51,55)/b42-38+,54-44?;. The normalized spacial score (nSPS) is 23.6. The van der Waals surface area contributed by atoms with Crippen molar-refractivity contribution in [3.63, 3.8) is 0 Å². The number of benzene rings is 2. The third-order valence-electron chi connectivity index (χ3n) is 28.3. The number of piperidine rings is 2. The Kier molecular flexibility index (Phi) is 27.2. The van der Waals surface area contributed by atoms with Crippen LogP contribution in [0.3, 0.4) is 0 Å². The Bertz CT molecular complexity index is 5060. The lowest BCUT2D eigenvalue weighted by Crippen LogP contribution is -2.39. The van der Waals surface area contributed by atoms with E-state index in [1.165, 1.54) is 19.3 Å². The fourth-order valence-corrected chi connectivity index (χ4v) is 22.5. The molecule has 18 rings (SSSR count). The average Bonchev–Trinajstić information content (AvgIpc) is 0.714. The van der Waals surface area contributed by atoms with Crippen LogP contribution in [0, 0.1) is 0 Å². The molecule has 0 radical (unpaired) electrons. The zero-order valence-corrected chi connectivity index (χ0v) is 73.4. The number of hydrogen-bond donors (Lipinski definition) is 8. The van der Waals surface area contributed by atoms with Crippen LogP contribution >= 0.6 is 0 Å². The van der Waals surface area contributed by atoms with Gasteiger partial charge < -0.3 is 80.7 Å². The van der Waals surface area contributed by atoms with Gasteiger partial charge in [-0.25, -0.2) is 29.2 Å². The van der Waals surface area contributed by atoms with Crippen LogP contribution in [0.15, 0.2) is 102 Å². The van der Waals surface area contributed by atoms with E-state index in [2.05, 4.69) is 56.5 Å². The molecule has 2 aromatic carbocycles. The molecule has 2 unspecified atom stereocenters. The van der Waals surface area contributed by atoms with Gasteiger partial charge in [-0.1, -0.05) is 77.0 Å². The summed E-state index contributed by atoms with van der Waals surface area (Å²) in [6.07, 6.45) is 33.7. The van der Waals surface area contributed by atoms with Crippen molar-refractivity contribution < 1.29 is 77.1 Å². The van der Waals surface area contributed by atoms with Gasteiger partial charge in [0.2, 0.25) is 35.2 Å². The van der Waals surface area contributed by atoms with Crippen LogP contribution in [0.4, 0.5) is 41.9 Å². The molecule has 0 bridgehead atoms. The predicted molar refractivity (Wildman–Crippen MR) is 479 cm³/mol. The minimum absolute atomic E-state index is 0.0713. The number of carbonyl (C=O) groups excluding carboxylic acids is 10. The largest absolute Gasteiger partial charge is 0.506 e. The SMILES string of the molecule is CC(CC(=O)N=C1C2=C3C(=C/C1=C1\C(=O)C(c4cc5c6c(c4NC(=O)CC(C)OC(=O)NC4CCCCC4)CCCN6CCC5)=C1O)CCCN3CCC2)OC(=O)NC1CCCCC1.O=C(CCOC(=O)NC1CCCCC1)N=C1C(=C2C(=O)C(c3cc4c5c(c3NC(=O)CCOC(=O)NC3CCCCC3)CCCN5CCC4)=C2O)C=C2CCCN3CCCC1=C23. The average molecular weight is 1730 g/mol. The molecular formula is C98H124N12O16. The monoisotopic (exact) mass is 1720 g/mol. The lowest BCUT2D eigenvalue weighted by molar-refractivity contribution is -0.120. The van der Waals surface area contributed by atoms with Crippen LogP contribution in [0.25, 0.3) is 11.1 Å². The number of aliphatic imine (C=N–C) groups is 2. The highest BCUT2D eigenvalue weighted by Gasteiger charge is 2.47. The fourth-order valence-electron chi connectivity index (χ4n) is 22.5. The molecule has 2 atom stereocenters. The summed E-state index contributed by atoms with van der Waals surface area (Å²) in [5.74, 6) is -2.81. The molecule has 126 heavy (non-hydrogen) atoms. The number of hydrogen-bond acceptors (Lipinski definition) is 20. The number of nitrogens with zero attached hydrogens (tertiary/aromatic N) is 6. The molecule has 4 saturated carbocycles. The first-order chi connectivity index (χ1) is 61.2. The van der Waals surface area contributed by atoms with Gasteiger partial charge in [-0.3, -0.25) is 28.8 Å². The number of carbonyl (C=O) groups is 10. The molecule has 672 valence electrons. The van der Waals surface area contributed by atoms with E-state index >= 15 is 0 Å². The lowest BCUT2D eigenvalue weighted by Gasteiger charge is -2.42. The Morgan fingerprint density at radius 1 is 0.405 bits per heavy atom. The van der Waals surface area contributed by atoms with Crippen molar-refractivity contribution in [2.45, 2.75) is 307 Å². The molecule has 8 heterocycles. The number of ether oxygens (including phenoxy) is 4. The Hall–Kier alpha value is -10.8. The van der Waals surface area contributed by atoms with Gasteiger partial charge in [0.15, 0.2) is 0 Å². The molecule has 2 aromatic rings. The quantitative estimate of drug-likeness (QED) is 0.0451. The van der Waals surface area contributed by atoms with E-state index in [0.29, 0.717) is 70.8 Å². The van der Waals surface area contributed by atoms with Gasteiger partial charge >= 0.3 is 24.4 Å². The molecule has 8 aliphatic carbocycles. The lowest BCUT2D eigenvalue weighted by atomic mass is 9.73. The Labute approximate surface area is 737 Å². The number of nitrogens with one attached hydrogen (secondary N) is 6. The highest BCUT2D eigenvalue weighted by Crippen LogP contribution is 2.53. The van der Waals surface area contributed by atoms with E-state index < -0.39 is 48.4 Å². The molecule has 8 amide bonds. The number of aryl methyl sites for hydroxylation is 2. The molecule has 8 aliphatic heterocycles. The van der Waals surface area contributed by atoms with Crippen LogP contribution < -0.4 is 41.7 Å². The third-order valence-corrected chi connectivity index (χ3v) is 28.3. The van der Waals surface area contributed by atoms with Crippen molar-refractivity contribution in [1.29, 1.82) is 0 Å². The van der Waals surface area contributed by atoms with Gasteiger partial charge in [-0.2, -0.15) is 0 Å². The van der Waals surface area contributed by atoms with E-state index in [-0.39, 0.29) is 120 Å². The van der Waals surface area contributed by atoms with Gasteiger partial charge in [0.05, 0.1) is 70.8 Å². The number of alkyl carbamates (subject to hydrolysis) is 4. The van der Waals surface area contributed by atoms with Crippen LogP contribution in [-0.2, 0) is 73.4 Å². The first kappa shape index (κ1) is 87.3. The summed E-state index contributed by atoms with van der Waals surface area (Å²) in [4.78, 5) is 154. The minimum atomic E-state index is -0.727. The molecule has 0 aromatic heterocycles. The molecule has 16 aliphatic rings. The molecular weight excluding hydrogens is 1600 g/mol. The van der Waals surface area contributed by atoms with Gasteiger partial charge in [0, 0.05) is 133 Å². The second-order valence-electron chi connectivity index (χ2n) is 37.4. The first-order valence-electron chi connectivity index (χ1n) is 47.6. The Morgan fingerprint density at radius 2 is 0.762 bits per heavy atom. The van der Waals surface area contributed by atoms with Crippen LogP contribution in [0.5, 0.6) is 0 Å². The first-order valence-corrected chi connectivity index (χ1v) is 47.6. The topological polar surface area (TPSA) is 358 Å². The molecule has 28 heteroatoms. The fraction of sp³-hybridized carbons (Fsp3) is 0.592. The van der Waals surface area contributed by atoms with Gasteiger partial charge in [-0.15, -0.1) is 0 Å². The van der Waals surface area contributed by atoms with E-state index in [1.807, 2.05) is 24.3 Å². The summed E-state index contributed by atoms with van der Waals surface area (Å²) in [6.45, 7) is 10.4. The van der Waals surface area contributed by atoms with Crippen LogP contribution in [-0.4, -0.2) is 193 Å². The highest BCUT2D eigenvalue weighted by atomic mass is 16.6. The number of rotatable bonds is 20. The van der Waals surface area contributed by atoms with Crippen molar-refractivity contribution in [2.75, 3.05) is 86.0 Å². The van der Waals surface area contributed by atoms with Gasteiger partial charge in [0.1, 0.15) is 36.9 Å². The molecule has 28 nitrogen and oxygen atoms in total. The maximum Gasteiger partial charge on any atom is 0.407 e. The summed E-state index contributed by atoms with van der Waals surface area (Å²) in [6, 6.07) is 4.25. The predicted octanol–water partition coefficient (Wildman–Crippen LogP) is 15.6. The van der Waals surface area contributed by atoms with Crippen molar-refractivity contribution in [2.24, 2.45) is 9.98 Å². The van der Waals surface area contributed by atoms with Crippen molar-refractivity contribution in [1.82, 2.24) is 31.1 Å². The maximum atomic E-state index is 14.8. The summed E-state index contributed by atoms with van der Waals surface area (Å²) in [5, 5.41) is 42.3. The number of ketones is 2. The molecule has 6 fully saturated rings. The third kappa shape index (κ3) is 19.1. The van der Waals surface area contributed by atoms with Crippen molar-refractivity contribution >= 4 is 105 Å². The van der Waals surface area contributed by atoms with Crippen molar-refractivity contribution in [3.05, 3.63) is 125 Å². The smallest absolute Gasteiger partial charge is 0.407 e. The van der Waals surface area contributed by atoms with Gasteiger partial charge in [0.25, 0.3) is 0 Å². The zero-order valence-electron chi connectivity index (χ0n) is 73.4. The summed E-state index contributed by atoms with van der Waals surface area (Å²) in [7, 11) is 0. The number of allylic oxidation sites excluding steroid dienone is 12. The molecule has 0 spiro atoms. The molecule has 2 saturated heterocycles. The Balaban J connectivity index is 0.000000178. The summed E-state index contributed by atoms with van der Waals surface area (Å²) in [5.41, 5.74) is 16.3. The number of anilines is 4. The summed E-state index contributed by atoms with van der Waals surface area (Å²) >= 11 is 0. The number of Topliss-reactive ketones (excluding diaryl/α,β-unsaturated/α-hetero) is 2. The second-order valence-corrected chi connectivity index (χ2v) is 37.4. The highest BCUT2D eigenvalue weighted by molar-refractivity contribution is 6.44. The maximum absolute atomic E-state index is 14.8. The number of amides is 8. The Morgan fingerprint density at radius 3 is 1.18 bits per heavy atom. The van der Waals surface area contributed by atoms with E-state index in [1.54, 1.807) is 13.8 Å². The number of aliphatic hydroxyl groups excluding tert-OH is 2. The van der Waals surface area contributed by atoms with Gasteiger partial charge in [-0.05, 0) is 226 Å². The van der Waals surface area contributed by atoms with Crippen LogP contribution in [0.1, 0.15) is 278 Å². The van der Waals surface area contributed by atoms with Crippen LogP contribution in [0.2, 0.25) is 0 Å². The van der Waals surface area contributed by atoms with E-state index in [9.17, 15) is 58.2 Å². The minimum Gasteiger partial charge on any atom is -0.506 e. The van der Waals surface area contributed by atoms with Crippen molar-refractivity contribution in [3.8, 4) is 0 Å².